The summed E-state index contributed by atoms with van der Waals surface area (Å²) >= 11 is 0. The van der Waals surface area contributed by atoms with Gasteiger partial charge in [-0.2, -0.15) is 4.80 Å². The van der Waals surface area contributed by atoms with Crippen LogP contribution in [0.3, 0.4) is 0 Å². The predicted octanol–water partition coefficient (Wildman–Crippen LogP) is 1.95. The van der Waals surface area contributed by atoms with Gasteiger partial charge in [-0.25, -0.2) is 0 Å². The van der Waals surface area contributed by atoms with Gasteiger partial charge in [0.15, 0.2) is 11.5 Å². The zero-order chi connectivity index (χ0) is 17.9. The average Bonchev–Trinajstić information content (AvgIpc) is 3.35. The molecule has 0 fully saturated rings. The SMILES string of the molecule is CC(C(=O)NCc1ccc2c(c1)OCO2)n1nnc(-c2ccccc2)n1. The van der Waals surface area contributed by atoms with Gasteiger partial charge in [0.25, 0.3) is 0 Å². The molecule has 1 atom stereocenters. The molecule has 4 rings (SSSR count). The zero-order valence-corrected chi connectivity index (χ0v) is 14.1. The Morgan fingerprint density at radius 2 is 2.00 bits per heavy atom. The standard InChI is InChI=1S/C18H17N5O3/c1-12(23-21-17(20-22-23)14-5-3-2-4-6-14)18(24)19-10-13-7-8-15-16(9-13)26-11-25-15/h2-9,12H,10-11H2,1H3,(H,19,24). The number of tetrazole rings is 1. The second kappa shape index (κ2) is 6.83. The molecule has 3 aromatic rings. The first-order chi connectivity index (χ1) is 12.7. The number of rotatable bonds is 5. The van der Waals surface area contributed by atoms with Gasteiger partial charge in [0.1, 0.15) is 6.04 Å². The van der Waals surface area contributed by atoms with E-state index in [-0.39, 0.29) is 12.7 Å². The maximum atomic E-state index is 12.4. The van der Waals surface area contributed by atoms with Crippen molar-refractivity contribution in [3.8, 4) is 22.9 Å². The minimum atomic E-state index is -0.575. The number of amides is 1. The molecule has 0 saturated heterocycles. The average molecular weight is 351 g/mol. The van der Waals surface area contributed by atoms with Crippen molar-refractivity contribution in [3.05, 3.63) is 54.1 Å². The highest BCUT2D eigenvalue weighted by molar-refractivity contribution is 5.79. The monoisotopic (exact) mass is 351 g/mol. The lowest BCUT2D eigenvalue weighted by atomic mass is 10.2. The fourth-order valence-electron chi connectivity index (χ4n) is 2.58. The number of carbonyl (C=O) groups excluding carboxylic acids is 1. The van der Waals surface area contributed by atoms with Crippen LogP contribution < -0.4 is 14.8 Å². The lowest BCUT2D eigenvalue weighted by Gasteiger charge is -2.11. The molecule has 1 N–H and O–H groups in total. The number of nitrogens with zero attached hydrogens (tertiary/aromatic N) is 4. The highest BCUT2D eigenvalue weighted by Crippen LogP contribution is 2.32. The number of hydrogen-bond donors (Lipinski definition) is 1. The summed E-state index contributed by atoms with van der Waals surface area (Å²) in [5, 5.41) is 15.2. The molecule has 1 amide bonds. The number of hydrogen-bond acceptors (Lipinski definition) is 6. The molecule has 0 saturated carbocycles. The summed E-state index contributed by atoms with van der Waals surface area (Å²) in [6.07, 6.45) is 0. The molecule has 1 aromatic heterocycles. The highest BCUT2D eigenvalue weighted by atomic mass is 16.7. The first-order valence-corrected chi connectivity index (χ1v) is 8.22. The van der Waals surface area contributed by atoms with Crippen LogP contribution in [-0.2, 0) is 11.3 Å². The van der Waals surface area contributed by atoms with Crippen molar-refractivity contribution >= 4 is 5.91 Å². The third-order valence-corrected chi connectivity index (χ3v) is 4.09. The highest BCUT2D eigenvalue weighted by Gasteiger charge is 2.19. The first-order valence-electron chi connectivity index (χ1n) is 8.22. The lowest BCUT2D eigenvalue weighted by Crippen LogP contribution is -2.31. The summed E-state index contributed by atoms with van der Waals surface area (Å²) in [5.41, 5.74) is 1.78. The van der Waals surface area contributed by atoms with E-state index in [1.165, 1.54) is 4.80 Å². The Bertz CT molecular complexity index is 926. The smallest absolute Gasteiger partial charge is 0.246 e. The van der Waals surface area contributed by atoms with Crippen LogP contribution in [0.15, 0.2) is 48.5 Å². The summed E-state index contributed by atoms with van der Waals surface area (Å²) in [4.78, 5) is 13.7. The van der Waals surface area contributed by atoms with Crippen LogP contribution in [0.25, 0.3) is 11.4 Å². The van der Waals surface area contributed by atoms with Gasteiger partial charge in [0, 0.05) is 12.1 Å². The fraction of sp³-hybridized carbons (Fsp3) is 0.222. The van der Waals surface area contributed by atoms with Crippen molar-refractivity contribution in [3.63, 3.8) is 0 Å². The van der Waals surface area contributed by atoms with E-state index in [4.69, 9.17) is 9.47 Å². The molecule has 1 unspecified atom stereocenters. The quantitative estimate of drug-likeness (QED) is 0.755. The molecule has 0 spiro atoms. The fourth-order valence-corrected chi connectivity index (χ4v) is 2.58. The van der Waals surface area contributed by atoms with Crippen molar-refractivity contribution in [1.82, 2.24) is 25.5 Å². The van der Waals surface area contributed by atoms with Gasteiger partial charge in [-0.05, 0) is 29.8 Å². The normalized spacial score (nSPS) is 13.4. The summed E-state index contributed by atoms with van der Waals surface area (Å²) in [6.45, 7) is 2.33. The van der Waals surface area contributed by atoms with Crippen molar-refractivity contribution in [2.24, 2.45) is 0 Å². The Morgan fingerprint density at radius 3 is 2.85 bits per heavy atom. The molecule has 0 aliphatic carbocycles. The van der Waals surface area contributed by atoms with Crippen molar-refractivity contribution < 1.29 is 14.3 Å². The lowest BCUT2D eigenvalue weighted by molar-refractivity contribution is -0.124. The number of ether oxygens (including phenoxy) is 2. The predicted molar refractivity (Wildman–Crippen MR) is 92.4 cm³/mol. The van der Waals surface area contributed by atoms with Crippen molar-refractivity contribution in [1.29, 1.82) is 0 Å². The molecule has 8 heteroatoms. The summed E-state index contributed by atoms with van der Waals surface area (Å²) in [7, 11) is 0. The second-order valence-electron chi connectivity index (χ2n) is 5.88. The Labute approximate surface area is 149 Å². The molecule has 2 aromatic carbocycles. The minimum absolute atomic E-state index is 0.195. The molecule has 8 nitrogen and oxygen atoms in total. The molecule has 1 aliphatic heterocycles. The third kappa shape index (κ3) is 3.21. The molecule has 26 heavy (non-hydrogen) atoms. The first kappa shape index (κ1) is 16.1. The van der Waals surface area contributed by atoms with E-state index < -0.39 is 6.04 Å². The Kier molecular flexibility index (Phi) is 4.22. The number of carbonyl (C=O) groups is 1. The van der Waals surface area contributed by atoms with Gasteiger partial charge < -0.3 is 14.8 Å². The van der Waals surface area contributed by atoms with Gasteiger partial charge in [0.05, 0.1) is 0 Å². The van der Waals surface area contributed by atoms with Gasteiger partial charge in [-0.3, -0.25) is 4.79 Å². The van der Waals surface area contributed by atoms with Gasteiger partial charge in [-0.15, -0.1) is 10.2 Å². The molecular formula is C18H17N5O3. The zero-order valence-electron chi connectivity index (χ0n) is 14.1. The molecule has 132 valence electrons. The third-order valence-electron chi connectivity index (χ3n) is 4.09. The maximum Gasteiger partial charge on any atom is 0.246 e. The second-order valence-corrected chi connectivity index (χ2v) is 5.88. The van der Waals surface area contributed by atoms with E-state index in [2.05, 4.69) is 20.7 Å². The molecule has 1 aliphatic rings. The van der Waals surface area contributed by atoms with Crippen LogP contribution in [0.4, 0.5) is 0 Å². The largest absolute Gasteiger partial charge is 0.454 e. The van der Waals surface area contributed by atoms with Crippen LogP contribution in [0.1, 0.15) is 18.5 Å². The van der Waals surface area contributed by atoms with Crippen LogP contribution >= 0.6 is 0 Å². The van der Waals surface area contributed by atoms with Crippen LogP contribution in [0.5, 0.6) is 11.5 Å². The van der Waals surface area contributed by atoms with E-state index in [9.17, 15) is 4.79 Å². The van der Waals surface area contributed by atoms with Crippen molar-refractivity contribution in [2.45, 2.75) is 19.5 Å². The Hall–Kier alpha value is -3.42. The number of aromatic nitrogens is 4. The van der Waals surface area contributed by atoms with E-state index >= 15 is 0 Å². The van der Waals surface area contributed by atoms with Crippen LogP contribution in [0.2, 0.25) is 0 Å². The molecule has 2 heterocycles. The van der Waals surface area contributed by atoms with E-state index in [1.807, 2.05) is 48.5 Å². The topological polar surface area (TPSA) is 91.2 Å². The van der Waals surface area contributed by atoms with Crippen molar-refractivity contribution in [2.75, 3.05) is 6.79 Å². The van der Waals surface area contributed by atoms with E-state index in [1.54, 1.807) is 6.92 Å². The van der Waals surface area contributed by atoms with E-state index in [0.717, 1.165) is 11.1 Å². The van der Waals surface area contributed by atoms with Gasteiger partial charge >= 0.3 is 0 Å². The number of benzene rings is 2. The van der Waals surface area contributed by atoms with Crippen LogP contribution in [0, 0.1) is 0 Å². The molecular weight excluding hydrogens is 334 g/mol. The van der Waals surface area contributed by atoms with E-state index in [0.29, 0.717) is 23.9 Å². The summed E-state index contributed by atoms with van der Waals surface area (Å²) in [6, 6.07) is 14.5. The van der Waals surface area contributed by atoms with Gasteiger partial charge in [-0.1, -0.05) is 36.4 Å². The Morgan fingerprint density at radius 1 is 1.19 bits per heavy atom. The maximum absolute atomic E-state index is 12.4. The number of nitrogens with one attached hydrogen (secondary N) is 1. The molecule has 0 bridgehead atoms. The van der Waals surface area contributed by atoms with Crippen LogP contribution in [-0.4, -0.2) is 32.9 Å². The summed E-state index contributed by atoms with van der Waals surface area (Å²) < 4.78 is 10.6. The minimum Gasteiger partial charge on any atom is -0.454 e. The Balaban J connectivity index is 1.40. The molecule has 0 radical (unpaired) electrons. The number of fused-ring (bicyclic) bond motifs is 1. The summed E-state index contributed by atoms with van der Waals surface area (Å²) in [5.74, 6) is 1.70. The van der Waals surface area contributed by atoms with Gasteiger partial charge in [0.2, 0.25) is 18.5 Å².